The minimum atomic E-state index is -0.120. The van der Waals surface area contributed by atoms with Gasteiger partial charge in [0.2, 0.25) is 0 Å². The highest BCUT2D eigenvalue weighted by molar-refractivity contribution is 6.18. The lowest BCUT2D eigenvalue weighted by atomic mass is 9.57. The van der Waals surface area contributed by atoms with Crippen LogP contribution in [0.25, 0.3) is 0 Å². The summed E-state index contributed by atoms with van der Waals surface area (Å²) < 4.78 is 17.8. The maximum atomic E-state index is 6.50. The van der Waals surface area contributed by atoms with Crippen LogP contribution in [0, 0.1) is 0 Å². The van der Waals surface area contributed by atoms with Gasteiger partial charge in [0.15, 0.2) is 17.6 Å². The Bertz CT molecular complexity index is 802. The Morgan fingerprint density at radius 2 is 2.16 bits per heavy atom. The molecule has 4 aliphatic rings. The first-order valence-corrected chi connectivity index (χ1v) is 9.41. The van der Waals surface area contributed by atoms with Gasteiger partial charge in [0.05, 0.1) is 19.6 Å². The van der Waals surface area contributed by atoms with E-state index in [4.69, 9.17) is 25.8 Å². The molecular weight excluding hydrogens is 338 g/mol. The number of alkyl halides is 1. The van der Waals surface area contributed by atoms with Crippen LogP contribution in [0.3, 0.4) is 0 Å². The molecule has 2 aliphatic heterocycles. The molecule has 132 valence electrons. The van der Waals surface area contributed by atoms with E-state index in [1.165, 1.54) is 16.7 Å². The standard InChI is InChI=1S/C20H22ClNO3/c1-23-15-5-3-12-11-14-13-4-6-16(24-2)19-20(13,17(12)18(15)25-19)7-9-22(14)10-8-21/h3-6,14,19H,7-11H2,1-2H3/t14-,19?,20+/m0/s1. The molecule has 0 N–H and O–H groups in total. The number of hydrogen-bond donors (Lipinski definition) is 0. The fourth-order valence-electron chi connectivity index (χ4n) is 5.38. The molecule has 0 aromatic heterocycles. The van der Waals surface area contributed by atoms with Crippen LogP contribution >= 0.6 is 11.6 Å². The first-order chi connectivity index (χ1) is 12.2. The van der Waals surface area contributed by atoms with Crippen molar-refractivity contribution < 1.29 is 14.2 Å². The Morgan fingerprint density at radius 1 is 1.28 bits per heavy atom. The second-order valence-corrected chi connectivity index (χ2v) is 7.57. The Morgan fingerprint density at radius 3 is 2.92 bits per heavy atom. The van der Waals surface area contributed by atoms with Crippen LogP contribution in [0.4, 0.5) is 0 Å². The van der Waals surface area contributed by atoms with E-state index in [1.54, 1.807) is 14.2 Å². The van der Waals surface area contributed by atoms with Gasteiger partial charge in [-0.1, -0.05) is 12.1 Å². The van der Waals surface area contributed by atoms with Crippen molar-refractivity contribution in [1.82, 2.24) is 4.90 Å². The minimum absolute atomic E-state index is 0.0940. The van der Waals surface area contributed by atoms with Crippen LogP contribution < -0.4 is 9.47 Å². The molecule has 1 spiro atoms. The molecule has 1 saturated heterocycles. The fourth-order valence-corrected chi connectivity index (χ4v) is 5.59. The molecule has 3 atom stereocenters. The number of halogens is 1. The molecule has 4 nitrogen and oxygen atoms in total. The van der Waals surface area contributed by atoms with E-state index < -0.39 is 0 Å². The van der Waals surface area contributed by atoms with Gasteiger partial charge in [-0.15, -0.1) is 11.6 Å². The summed E-state index contributed by atoms with van der Waals surface area (Å²) in [6, 6.07) is 4.64. The van der Waals surface area contributed by atoms with E-state index in [-0.39, 0.29) is 11.5 Å². The molecule has 1 fully saturated rings. The zero-order valence-electron chi connectivity index (χ0n) is 14.5. The third kappa shape index (κ3) is 1.82. The summed E-state index contributed by atoms with van der Waals surface area (Å²) in [5.74, 6) is 3.29. The number of ether oxygens (including phenoxy) is 3. The number of methoxy groups -OCH3 is 2. The highest BCUT2D eigenvalue weighted by atomic mass is 35.5. The third-order valence-electron chi connectivity index (χ3n) is 6.37. The summed E-state index contributed by atoms with van der Waals surface area (Å²) in [5, 5.41) is 0. The van der Waals surface area contributed by atoms with Crippen LogP contribution in [0.1, 0.15) is 17.5 Å². The molecule has 1 unspecified atom stereocenters. The van der Waals surface area contributed by atoms with Crippen LogP contribution in [0.15, 0.2) is 35.6 Å². The first-order valence-electron chi connectivity index (χ1n) is 8.88. The van der Waals surface area contributed by atoms with Crippen LogP contribution in [0.2, 0.25) is 0 Å². The van der Waals surface area contributed by atoms with Crippen molar-refractivity contribution in [2.45, 2.75) is 30.4 Å². The highest BCUT2D eigenvalue weighted by Crippen LogP contribution is 2.62. The average molecular weight is 360 g/mol. The first kappa shape index (κ1) is 15.6. The molecule has 0 saturated carbocycles. The number of nitrogens with zero attached hydrogens (tertiary/aromatic N) is 1. The van der Waals surface area contributed by atoms with Gasteiger partial charge in [-0.3, -0.25) is 4.90 Å². The molecular formula is C20H22ClNO3. The van der Waals surface area contributed by atoms with E-state index in [0.29, 0.717) is 11.9 Å². The number of hydrogen-bond acceptors (Lipinski definition) is 4. The number of rotatable bonds is 4. The van der Waals surface area contributed by atoms with Crippen molar-refractivity contribution in [2.24, 2.45) is 0 Å². The largest absolute Gasteiger partial charge is 0.497 e. The topological polar surface area (TPSA) is 30.9 Å². The lowest BCUT2D eigenvalue weighted by Gasteiger charge is -2.53. The molecule has 25 heavy (non-hydrogen) atoms. The summed E-state index contributed by atoms with van der Waals surface area (Å²) in [6.07, 6.45) is 6.27. The maximum Gasteiger partial charge on any atom is 0.169 e. The highest BCUT2D eigenvalue weighted by Gasteiger charge is 2.62. The number of benzene rings is 1. The summed E-state index contributed by atoms with van der Waals surface area (Å²) in [5.41, 5.74) is 4.03. The predicted octanol–water partition coefficient (Wildman–Crippen LogP) is 3.03. The smallest absolute Gasteiger partial charge is 0.169 e. The lowest BCUT2D eigenvalue weighted by Crippen LogP contribution is -2.59. The molecule has 2 bridgehead atoms. The molecule has 2 aliphatic carbocycles. The van der Waals surface area contributed by atoms with E-state index in [2.05, 4.69) is 23.1 Å². The fraction of sp³-hybridized carbons (Fsp3) is 0.500. The van der Waals surface area contributed by atoms with Crippen LogP contribution in [0.5, 0.6) is 11.5 Å². The Kier molecular flexibility index (Phi) is 3.38. The van der Waals surface area contributed by atoms with Gasteiger partial charge in [0, 0.05) is 30.6 Å². The van der Waals surface area contributed by atoms with E-state index in [1.807, 2.05) is 6.07 Å². The quantitative estimate of drug-likeness (QED) is 0.773. The average Bonchev–Trinajstić information content (AvgIpc) is 2.98. The van der Waals surface area contributed by atoms with Crippen LogP contribution in [-0.4, -0.2) is 50.2 Å². The molecule has 1 aromatic carbocycles. The van der Waals surface area contributed by atoms with Gasteiger partial charge in [-0.05, 0) is 36.1 Å². The minimum Gasteiger partial charge on any atom is -0.497 e. The second kappa shape index (κ2) is 5.42. The molecule has 0 radical (unpaired) electrons. The van der Waals surface area contributed by atoms with Gasteiger partial charge >= 0.3 is 0 Å². The number of piperidine rings is 1. The molecule has 5 rings (SSSR count). The molecule has 2 heterocycles. The zero-order chi connectivity index (χ0) is 17.2. The molecule has 5 heteroatoms. The summed E-state index contributed by atoms with van der Waals surface area (Å²) in [6.45, 7) is 1.95. The van der Waals surface area contributed by atoms with Gasteiger partial charge in [0.25, 0.3) is 0 Å². The normalized spacial score (nSPS) is 31.6. The second-order valence-electron chi connectivity index (χ2n) is 7.19. The van der Waals surface area contributed by atoms with Crippen molar-refractivity contribution >= 4 is 11.6 Å². The monoisotopic (exact) mass is 359 g/mol. The zero-order valence-corrected chi connectivity index (χ0v) is 15.3. The van der Waals surface area contributed by atoms with Gasteiger partial charge in [-0.25, -0.2) is 0 Å². The lowest BCUT2D eigenvalue weighted by molar-refractivity contribution is 0.0666. The Labute approximate surface area is 153 Å². The van der Waals surface area contributed by atoms with Crippen molar-refractivity contribution in [1.29, 1.82) is 0 Å². The van der Waals surface area contributed by atoms with Crippen molar-refractivity contribution in [3.05, 3.63) is 46.7 Å². The number of likely N-dealkylation sites (tertiary alicyclic amines) is 1. The van der Waals surface area contributed by atoms with Crippen molar-refractivity contribution in [2.75, 3.05) is 33.2 Å². The molecule has 1 aromatic rings. The molecule has 0 amide bonds. The maximum absolute atomic E-state index is 6.50. The Balaban J connectivity index is 1.76. The summed E-state index contributed by atoms with van der Waals surface area (Å²) >= 11 is 6.08. The van der Waals surface area contributed by atoms with Crippen LogP contribution in [-0.2, 0) is 16.6 Å². The summed E-state index contributed by atoms with van der Waals surface area (Å²) in [4.78, 5) is 2.53. The van der Waals surface area contributed by atoms with E-state index in [9.17, 15) is 0 Å². The third-order valence-corrected chi connectivity index (χ3v) is 6.54. The van der Waals surface area contributed by atoms with Crippen molar-refractivity contribution in [3.8, 4) is 11.5 Å². The van der Waals surface area contributed by atoms with Gasteiger partial charge < -0.3 is 14.2 Å². The number of allylic oxidation sites excluding steroid dienone is 2. The Hall–Kier alpha value is -1.65. The predicted molar refractivity (Wildman–Crippen MR) is 96.7 cm³/mol. The van der Waals surface area contributed by atoms with E-state index in [0.717, 1.165) is 43.2 Å². The van der Waals surface area contributed by atoms with Crippen molar-refractivity contribution in [3.63, 3.8) is 0 Å². The van der Waals surface area contributed by atoms with Gasteiger partial charge in [0.1, 0.15) is 5.76 Å². The SMILES string of the molecule is COC1=CC=C2[C@@H]3Cc4ccc(OC)c5c4[C@]2(CCN3CCCl)C1O5. The van der Waals surface area contributed by atoms with E-state index >= 15 is 0 Å². The summed E-state index contributed by atoms with van der Waals surface area (Å²) in [7, 11) is 3.44. The van der Waals surface area contributed by atoms with Gasteiger partial charge in [-0.2, -0.15) is 0 Å².